The molecule has 0 aliphatic carbocycles. The standard InChI is InChI=1S/C14H17F2NO2/c15-9-3-4-12(16)11(6-9)14(18)13-7-17-5-1-2-10(17)8-19-13/h3-4,6,10,13-14,18H,1-2,5,7-8H2. The van der Waals surface area contributed by atoms with Crippen molar-refractivity contribution in [3.8, 4) is 0 Å². The lowest BCUT2D eigenvalue weighted by Crippen LogP contribution is -2.48. The predicted molar refractivity (Wildman–Crippen MR) is 65.7 cm³/mol. The van der Waals surface area contributed by atoms with Gasteiger partial charge in [-0.2, -0.15) is 0 Å². The van der Waals surface area contributed by atoms with E-state index in [1.807, 2.05) is 0 Å². The second-order valence-corrected chi connectivity index (χ2v) is 5.27. The molecule has 2 aliphatic heterocycles. The third-order valence-electron chi connectivity index (χ3n) is 4.05. The van der Waals surface area contributed by atoms with Crippen LogP contribution in [0.2, 0.25) is 0 Å². The molecule has 3 rings (SSSR count). The van der Waals surface area contributed by atoms with Gasteiger partial charge in [0.25, 0.3) is 0 Å². The maximum Gasteiger partial charge on any atom is 0.129 e. The summed E-state index contributed by atoms with van der Waals surface area (Å²) in [5.74, 6) is -1.15. The van der Waals surface area contributed by atoms with Crippen molar-refractivity contribution >= 4 is 0 Å². The molecule has 19 heavy (non-hydrogen) atoms. The van der Waals surface area contributed by atoms with Crippen LogP contribution in [0.4, 0.5) is 8.78 Å². The zero-order valence-electron chi connectivity index (χ0n) is 10.6. The van der Waals surface area contributed by atoms with Crippen molar-refractivity contribution in [2.75, 3.05) is 19.7 Å². The molecule has 0 spiro atoms. The molecule has 3 nitrogen and oxygen atoms in total. The van der Waals surface area contributed by atoms with Gasteiger partial charge in [0, 0.05) is 18.2 Å². The topological polar surface area (TPSA) is 32.7 Å². The molecule has 2 aliphatic rings. The summed E-state index contributed by atoms with van der Waals surface area (Å²) in [6, 6.07) is 3.54. The number of aliphatic hydroxyl groups excluding tert-OH is 1. The molecule has 5 heteroatoms. The smallest absolute Gasteiger partial charge is 0.129 e. The van der Waals surface area contributed by atoms with Crippen LogP contribution in [-0.4, -0.2) is 41.8 Å². The summed E-state index contributed by atoms with van der Waals surface area (Å²) in [6.07, 6.45) is 0.616. The van der Waals surface area contributed by atoms with Gasteiger partial charge in [0.1, 0.15) is 23.8 Å². The van der Waals surface area contributed by atoms with Crippen molar-refractivity contribution in [3.05, 3.63) is 35.4 Å². The third-order valence-corrected chi connectivity index (χ3v) is 4.05. The Labute approximate surface area is 110 Å². The van der Waals surface area contributed by atoms with Gasteiger partial charge in [0.15, 0.2) is 0 Å². The lowest BCUT2D eigenvalue weighted by Gasteiger charge is -2.37. The first-order valence-corrected chi connectivity index (χ1v) is 6.64. The van der Waals surface area contributed by atoms with E-state index in [0.29, 0.717) is 19.2 Å². The zero-order valence-corrected chi connectivity index (χ0v) is 10.6. The molecular formula is C14H17F2NO2. The highest BCUT2D eigenvalue weighted by Gasteiger charge is 2.36. The van der Waals surface area contributed by atoms with Crippen molar-refractivity contribution in [1.82, 2.24) is 4.90 Å². The second kappa shape index (κ2) is 5.15. The Morgan fingerprint density at radius 3 is 3.05 bits per heavy atom. The molecule has 0 amide bonds. The highest BCUT2D eigenvalue weighted by atomic mass is 19.1. The maximum absolute atomic E-state index is 13.6. The Kier molecular flexibility index (Phi) is 3.52. The predicted octanol–water partition coefficient (Wildman–Crippen LogP) is 1.86. The molecule has 0 aromatic heterocycles. The van der Waals surface area contributed by atoms with E-state index < -0.39 is 23.8 Å². The summed E-state index contributed by atoms with van der Waals surface area (Å²) < 4.78 is 32.4. The molecule has 0 saturated carbocycles. The van der Waals surface area contributed by atoms with E-state index in [9.17, 15) is 13.9 Å². The summed E-state index contributed by atoms with van der Waals surface area (Å²) in [5.41, 5.74) is -0.0253. The molecule has 2 heterocycles. The highest BCUT2D eigenvalue weighted by molar-refractivity contribution is 5.22. The number of benzene rings is 1. The molecule has 0 radical (unpaired) electrons. The van der Waals surface area contributed by atoms with Crippen LogP contribution in [0.1, 0.15) is 24.5 Å². The minimum absolute atomic E-state index is 0.0253. The Balaban J connectivity index is 1.76. The number of nitrogens with zero attached hydrogens (tertiary/aromatic N) is 1. The van der Waals surface area contributed by atoms with Crippen molar-refractivity contribution in [2.45, 2.75) is 31.1 Å². The quantitative estimate of drug-likeness (QED) is 0.889. The molecule has 1 aromatic carbocycles. The number of aliphatic hydroxyl groups is 1. The van der Waals surface area contributed by atoms with Gasteiger partial charge in [-0.15, -0.1) is 0 Å². The van der Waals surface area contributed by atoms with E-state index in [2.05, 4.69) is 4.90 Å². The van der Waals surface area contributed by atoms with Crippen LogP contribution in [0.25, 0.3) is 0 Å². The van der Waals surface area contributed by atoms with E-state index in [1.54, 1.807) is 0 Å². The third kappa shape index (κ3) is 2.50. The number of halogens is 2. The highest BCUT2D eigenvalue weighted by Crippen LogP contribution is 2.29. The van der Waals surface area contributed by atoms with Gasteiger partial charge in [-0.3, -0.25) is 4.90 Å². The molecular weight excluding hydrogens is 252 g/mol. The van der Waals surface area contributed by atoms with E-state index >= 15 is 0 Å². The first kappa shape index (κ1) is 13.0. The summed E-state index contributed by atoms with van der Waals surface area (Å²) >= 11 is 0. The van der Waals surface area contributed by atoms with E-state index in [1.165, 1.54) is 0 Å². The molecule has 2 saturated heterocycles. The number of hydrogen-bond acceptors (Lipinski definition) is 3. The maximum atomic E-state index is 13.6. The van der Waals surface area contributed by atoms with Crippen LogP contribution >= 0.6 is 0 Å². The molecule has 0 bridgehead atoms. The average Bonchev–Trinajstić information content (AvgIpc) is 2.88. The molecule has 1 N–H and O–H groups in total. The zero-order chi connectivity index (χ0) is 13.4. The minimum atomic E-state index is -1.13. The first-order chi connectivity index (χ1) is 9.15. The Morgan fingerprint density at radius 1 is 1.37 bits per heavy atom. The Bertz CT molecular complexity index is 469. The number of hydrogen-bond donors (Lipinski definition) is 1. The number of fused-ring (bicyclic) bond motifs is 1. The first-order valence-electron chi connectivity index (χ1n) is 6.64. The van der Waals surface area contributed by atoms with Gasteiger partial charge < -0.3 is 9.84 Å². The minimum Gasteiger partial charge on any atom is -0.386 e. The fourth-order valence-electron chi connectivity index (χ4n) is 2.98. The van der Waals surface area contributed by atoms with Gasteiger partial charge in [-0.1, -0.05) is 0 Å². The van der Waals surface area contributed by atoms with Crippen LogP contribution in [0.5, 0.6) is 0 Å². The van der Waals surface area contributed by atoms with Crippen molar-refractivity contribution in [3.63, 3.8) is 0 Å². The largest absolute Gasteiger partial charge is 0.386 e. The number of rotatable bonds is 2. The monoisotopic (exact) mass is 269 g/mol. The normalized spacial score (nSPS) is 29.2. The Hall–Kier alpha value is -1.04. The van der Waals surface area contributed by atoms with Gasteiger partial charge >= 0.3 is 0 Å². The van der Waals surface area contributed by atoms with E-state index in [0.717, 1.165) is 37.6 Å². The fraction of sp³-hybridized carbons (Fsp3) is 0.571. The van der Waals surface area contributed by atoms with Gasteiger partial charge in [-0.25, -0.2) is 8.78 Å². The van der Waals surface area contributed by atoms with Crippen molar-refractivity contribution in [2.24, 2.45) is 0 Å². The number of ether oxygens (including phenoxy) is 1. The lowest BCUT2D eigenvalue weighted by atomic mass is 10.0. The molecule has 3 atom stereocenters. The van der Waals surface area contributed by atoms with E-state index in [4.69, 9.17) is 4.74 Å². The van der Waals surface area contributed by atoms with Crippen molar-refractivity contribution < 1.29 is 18.6 Å². The van der Waals surface area contributed by atoms with Crippen LogP contribution in [0.15, 0.2) is 18.2 Å². The van der Waals surface area contributed by atoms with E-state index in [-0.39, 0.29) is 5.56 Å². The second-order valence-electron chi connectivity index (χ2n) is 5.27. The van der Waals surface area contributed by atoms with Crippen LogP contribution < -0.4 is 0 Å². The SMILES string of the molecule is OC(c1cc(F)ccc1F)C1CN2CCCC2CO1. The van der Waals surface area contributed by atoms with Crippen molar-refractivity contribution in [1.29, 1.82) is 0 Å². The summed E-state index contributed by atoms with van der Waals surface area (Å²) in [4.78, 5) is 2.26. The molecule has 3 unspecified atom stereocenters. The summed E-state index contributed by atoms with van der Waals surface area (Å²) in [7, 11) is 0. The number of morpholine rings is 1. The Morgan fingerprint density at radius 2 is 2.21 bits per heavy atom. The molecule has 1 aromatic rings. The van der Waals surface area contributed by atoms with Crippen LogP contribution in [0, 0.1) is 11.6 Å². The molecule has 104 valence electrons. The van der Waals surface area contributed by atoms with Gasteiger partial charge in [0.2, 0.25) is 0 Å². The van der Waals surface area contributed by atoms with Crippen LogP contribution in [-0.2, 0) is 4.74 Å². The van der Waals surface area contributed by atoms with Gasteiger partial charge in [-0.05, 0) is 37.6 Å². The van der Waals surface area contributed by atoms with Crippen LogP contribution in [0.3, 0.4) is 0 Å². The fourth-order valence-corrected chi connectivity index (χ4v) is 2.98. The lowest BCUT2D eigenvalue weighted by molar-refractivity contribution is -0.104. The van der Waals surface area contributed by atoms with Gasteiger partial charge in [0.05, 0.1) is 6.61 Å². The average molecular weight is 269 g/mol. The summed E-state index contributed by atoms with van der Waals surface area (Å²) in [5, 5.41) is 10.2. The molecule has 2 fully saturated rings. The summed E-state index contributed by atoms with van der Waals surface area (Å²) in [6.45, 7) is 2.11.